The Kier molecular flexibility index (Phi) is 7.73. The molecule has 1 aromatic carbocycles. The summed E-state index contributed by atoms with van der Waals surface area (Å²) in [4.78, 5) is 18.6. The molecule has 0 radical (unpaired) electrons. The van der Waals surface area contributed by atoms with Gasteiger partial charge in [0.05, 0.1) is 0 Å². The summed E-state index contributed by atoms with van der Waals surface area (Å²) >= 11 is 0. The van der Waals surface area contributed by atoms with E-state index in [9.17, 15) is 4.79 Å². The molecule has 0 saturated carbocycles. The summed E-state index contributed by atoms with van der Waals surface area (Å²) in [5, 5.41) is 6.31. The number of aliphatic imine (C=N–C) groups is 1. The first kappa shape index (κ1) is 19.2. The molecule has 1 aromatic rings. The van der Waals surface area contributed by atoms with E-state index in [4.69, 9.17) is 4.74 Å². The molecule has 25 heavy (non-hydrogen) atoms. The Morgan fingerprint density at radius 1 is 1.44 bits per heavy atom. The van der Waals surface area contributed by atoms with Crippen LogP contribution in [0, 0.1) is 0 Å². The number of guanidine groups is 1. The zero-order valence-corrected chi connectivity index (χ0v) is 15.5. The van der Waals surface area contributed by atoms with E-state index in [2.05, 4.69) is 27.4 Å². The highest BCUT2D eigenvalue weighted by atomic mass is 16.5. The van der Waals surface area contributed by atoms with Gasteiger partial charge in [0.25, 0.3) is 5.91 Å². The van der Waals surface area contributed by atoms with Crippen LogP contribution in [-0.2, 0) is 16.1 Å². The molecule has 2 N–H and O–H groups in total. The van der Waals surface area contributed by atoms with E-state index in [0.717, 1.165) is 49.4 Å². The van der Waals surface area contributed by atoms with Crippen LogP contribution in [0.15, 0.2) is 29.3 Å². The average Bonchev–Trinajstić information content (AvgIpc) is 3.15. The van der Waals surface area contributed by atoms with E-state index in [1.807, 2.05) is 31.3 Å². The lowest BCUT2D eigenvalue weighted by molar-refractivity contribution is -0.124. The van der Waals surface area contributed by atoms with Crippen molar-refractivity contribution in [2.24, 2.45) is 4.99 Å². The number of carbonyl (C=O) groups is 1. The van der Waals surface area contributed by atoms with Gasteiger partial charge in [-0.05, 0) is 37.0 Å². The predicted molar refractivity (Wildman–Crippen MR) is 102 cm³/mol. The molecule has 0 aromatic heterocycles. The molecule has 1 aliphatic heterocycles. The Hall–Kier alpha value is -2.08. The number of hydrogen-bond acceptors (Lipinski definition) is 3. The lowest BCUT2D eigenvalue weighted by Gasteiger charge is -2.22. The quantitative estimate of drug-likeness (QED) is 0.588. The topological polar surface area (TPSA) is 66.0 Å². The normalized spacial score (nSPS) is 17.4. The summed E-state index contributed by atoms with van der Waals surface area (Å²) in [6, 6.07) is 7.87. The van der Waals surface area contributed by atoms with Crippen molar-refractivity contribution in [3.8, 4) is 0 Å². The highest BCUT2D eigenvalue weighted by Gasteiger charge is 2.23. The van der Waals surface area contributed by atoms with Gasteiger partial charge in [0.15, 0.2) is 5.96 Å². The second-order valence-corrected chi connectivity index (χ2v) is 6.37. The Balaban J connectivity index is 1.88. The maximum atomic E-state index is 12.2. The third-order valence-electron chi connectivity index (χ3n) is 4.29. The second kappa shape index (κ2) is 10.0. The van der Waals surface area contributed by atoms with Gasteiger partial charge in [-0.15, -0.1) is 0 Å². The molecule has 1 saturated heterocycles. The van der Waals surface area contributed by atoms with E-state index in [1.165, 1.54) is 0 Å². The molecule has 0 aliphatic carbocycles. The van der Waals surface area contributed by atoms with Gasteiger partial charge >= 0.3 is 0 Å². The fourth-order valence-electron chi connectivity index (χ4n) is 2.83. The van der Waals surface area contributed by atoms with Gasteiger partial charge in [-0.3, -0.25) is 9.79 Å². The lowest BCUT2D eigenvalue weighted by atomic mass is 10.2. The van der Waals surface area contributed by atoms with Crippen LogP contribution in [0.25, 0.3) is 0 Å². The Morgan fingerprint density at radius 3 is 2.96 bits per heavy atom. The maximum absolute atomic E-state index is 12.2. The van der Waals surface area contributed by atoms with Gasteiger partial charge in [-0.1, -0.05) is 25.5 Å². The number of ether oxygens (including phenoxy) is 1. The Labute approximate surface area is 150 Å². The van der Waals surface area contributed by atoms with Crippen molar-refractivity contribution in [3.05, 3.63) is 29.8 Å². The number of anilines is 1. The van der Waals surface area contributed by atoms with Crippen molar-refractivity contribution in [1.29, 1.82) is 0 Å². The minimum absolute atomic E-state index is 0.0577. The van der Waals surface area contributed by atoms with Crippen molar-refractivity contribution in [2.45, 2.75) is 45.3 Å². The molecular weight excluding hydrogens is 316 g/mol. The van der Waals surface area contributed by atoms with Crippen molar-refractivity contribution in [1.82, 2.24) is 10.2 Å². The van der Waals surface area contributed by atoms with Crippen molar-refractivity contribution >= 4 is 17.6 Å². The van der Waals surface area contributed by atoms with Crippen LogP contribution >= 0.6 is 0 Å². The van der Waals surface area contributed by atoms with Gasteiger partial charge in [-0.2, -0.15) is 0 Å². The van der Waals surface area contributed by atoms with Crippen LogP contribution in [0.1, 0.15) is 38.2 Å². The average molecular weight is 346 g/mol. The largest absolute Gasteiger partial charge is 0.368 e. The summed E-state index contributed by atoms with van der Waals surface area (Å²) in [7, 11) is 3.84. The molecule has 1 unspecified atom stereocenters. The first-order chi connectivity index (χ1) is 12.1. The lowest BCUT2D eigenvalue weighted by Crippen LogP contribution is -2.38. The minimum atomic E-state index is -0.312. The number of amides is 1. The summed E-state index contributed by atoms with van der Waals surface area (Å²) in [6.45, 7) is 4.49. The molecule has 1 heterocycles. The van der Waals surface area contributed by atoms with Crippen LogP contribution < -0.4 is 10.6 Å². The molecule has 0 bridgehead atoms. The summed E-state index contributed by atoms with van der Waals surface area (Å²) in [6.07, 6.45) is 3.74. The zero-order valence-electron chi connectivity index (χ0n) is 15.5. The predicted octanol–water partition coefficient (Wildman–Crippen LogP) is 2.61. The van der Waals surface area contributed by atoms with E-state index in [0.29, 0.717) is 13.2 Å². The molecule has 0 spiro atoms. The zero-order chi connectivity index (χ0) is 18.1. The van der Waals surface area contributed by atoms with Crippen LogP contribution in [-0.4, -0.2) is 50.1 Å². The molecule has 138 valence electrons. The first-order valence-electron chi connectivity index (χ1n) is 9.07. The number of nitrogens with zero attached hydrogens (tertiary/aromatic N) is 2. The number of carbonyl (C=O) groups excluding carboxylic acids is 1. The van der Waals surface area contributed by atoms with E-state index in [1.54, 1.807) is 7.05 Å². The fourth-order valence-corrected chi connectivity index (χ4v) is 2.83. The van der Waals surface area contributed by atoms with Gasteiger partial charge in [0, 0.05) is 39.5 Å². The van der Waals surface area contributed by atoms with Gasteiger partial charge in [0.2, 0.25) is 0 Å². The van der Waals surface area contributed by atoms with Gasteiger partial charge < -0.3 is 20.3 Å². The minimum Gasteiger partial charge on any atom is -0.368 e. The summed E-state index contributed by atoms with van der Waals surface area (Å²) < 4.78 is 5.42. The molecular formula is C19H30N4O2. The van der Waals surface area contributed by atoms with Crippen LogP contribution in [0.3, 0.4) is 0 Å². The third kappa shape index (κ3) is 6.05. The number of benzene rings is 1. The standard InChI is InChI=1S/C19H30N4O2/c1-4-5-11-23(3)19(20-2)21-14-15-8-6-9-16(13-15)22-18(24)17-10-7-12-25-17/h6,8-9,13,17H,4-5,7,10-12,14H2,1-3H3,(H,20,21)(H,22,24). The first-order valence-corrected chi connectivity index (χ1v) is 9.07. The SMILES string of the molecule is CCCCN(C)C(=NC)NCc1cccc(NC(=O)C2CCCO2)c1. The highest BCUT2D eigenvalue weighted by molar-refractivity contribution is 5.94. The summed E-state index contributed by atoms with van der Waals surface area (Å²) in [5.74, 6) is 0.819. The fraction of sp³-hybridized carbons (Fsp3) is 0.579. The Morgan fingerprint density at radius 2 is 2.28 bits per heavy atom. The third-order valence-corrected chi connectivity index (χ3v) is 4.29. The smallest absolute Gasteiger partial charge is 0.253 e. The van der Waals surface area contributed by atoms with Crippen molar-refractivity contribution < 1.29 is 9.53 Å². The van der Waals surface area contributed by atoms with Gasteiger partial charge in [0.1, 0.15) is 6.10 Å². The van der Waals surface area contributed by atoms with E-state index in [-0.39, 0.29) is 12.0 Å². The van der Waals surface area contributed by atoms with E-state index >= 15 is 0 Å². The highest BCUT2D eigenvalue weighted by Crippen LogP contribution is 2.16. The second-order valence-electron chi connectivity index (χ2n) is 6.37. The summed E-state index contributed by atoms with van der Waals surface area (Å²) in [5.41, 5.74) is 1.89. The number of hydrogen-bond donors (Lipinski definition) is 2. The monoisotopic (exact) mass is 346 g/mol. The number of rotatable bonds is 7. The van der Waals surface area contributed by atoms with Gasteiger partial charge in [-0.25, -0.2) is 0 Å². The van der Waals surface area contributed by atoms with Crippen molar-refractivity contribution in [2.75, 3.05) is 32.6 Å². The number of nitrogens with one attached hydrogen (secondary N) is 2. The maximum Gasteiger partial charge on any atom is 0.253 e. The Bertz CT molecular complexity index is 583. The molecule has 1 amide bonds. The molecule has 1 fully saturated rings. The van der Waals surface area contributed by atoms with Crippen molar-refractivity contribution in [3.63, 3.8) is 0 Å². The molecule has 6 nitrogen and oxygen atoms in total. The van der Waals surface area contributed by atoms with Crippen LogP contribution in [0.5, 0.6) is 0 Å². The molecule has 1 aliphatic rings. The van der Waals surface area contributed by atoms with Crippen LogP contribution in [0.4, 0.5) is 5.69 Å². The van der Waals surface area contributed by atoms with Crippen LogP contribution in [0.2, 0.25) is 0 Å². The molecule has 1 atom stereocenters. The van der Waals surface area contributed by atoms with E-state index < -0.39 is 0 Å². The molecule has 2 rings (SSSR count). The number of unbranched alkanes of at least 4 members (excludes halogenated alkanes) is 1. The molecule has 6 heteroatoms.